The van der Waals surface area contributed by atoms with Gasteiger partial charge in [-0.25, -0.2) is 22.8 Å². The minimum Gasteiger partial charge on any atom is -0.322 e. The first-order valence-electron chi connectivity index (χ1n) is 10.9. The molecule has 3 heterocycles. The number of pyridine rings is 2. The second-order valence-electron chi connectivity index (χ2n) is 7.88. The first kappa shape index (κ1) is 24.3. The van der Waals surface area contributed by atoms with Gasteiger partial charge in [0, 0.05) is 34.4 Å². The average molecular weight is 536 g/mol. The summed E-state index contributed by atoms with van der Waals surface area (Å²) < 4.78 is 43.0. The molecule has 0 aliphatic carbocycles. The molecule has 2 N–H and O–H groups in total. The highest BCUT2D eigenvalue weighted by atomic mass is 32.2. The molecule has 37 heavy (non-hydrogen) atoms. The van der Waals surface area contributed by atoms with E-state index >= 15 is 0 Å². The fourth-order valence-electron chi connectivity index (χ4n) is 3.68. The molecule has 3 aromatic heterocycles. The van der Waals surface area contributed by atoms with Crippen molar-refractivity contribution in [1.29, 1.82) is 0 Å². The highest BCUT2D eigenvalue weighted by Gasteiger charge is 2.19. The third kappa shape index (κ3) is 5.10. The van der Waals surface area contributed by atoms with Gasteiger partial charge >= 0.3 is 0 Å². The van der Waals surface area contributed by atoms with Gasteiger partial charge in [-0.05, 0) is 48.5 Å². The van der Waals surface area contributed by atoms with Gasteiger partial charge in [0.25, 0.3) is 21.5 Å². The average Bonchev–Trinajstić information content (AvgIpc) is 3.39. The largest absolute Gasteiger partial charge is 0.322 e. The lowest BCUT2D eigenvalue weighted by Gasteiger charge is -2.13. The number of nitrogens with zero attached hydrogens (tertiary/aromatic N) is 3. The van der Waals surface area contributed by atoms with Crippen LogP contribution in [0.4, 0.5) is 15.2 Å². The van der Waals surface area contributed by atoms with E-state index in [1.54, 1.807) is 35.7 Å². The summed E-state index contributed by atoms with van der Waals surface area (Å²) in [6, 6.07) is 16.3. The van der Waals surface area contributed by atoms with Crippen LogP contribution in [0.2, 0.25) is 0 Å². The number of hydrogen-bond acceptors (Lipinski definition) is 7. The molecule has 5 rings (SSSR count). The third-order valence-electron chi connectivity index (χ3n) is 5.46. The zero-order valence-corrected chi connectivity index (χ0v) is 20.6. The molecule has 2 aromatic carbocycles. The summed E-state index contributed by atoms with van der Waals surface area (Å²) in [4.78, 5) is 34.5. The zero-order valence-electron chi connectivity index (χ0n) is 19.0. The lowest BCUT2D eigenvalue weighted by atomic mass is 10.1. The molecule has 0 aliphatic rings. The monoisotopic (exact) mass is 535 g/mol. The van der Waals surface area contributed by atoms with E-state index in [9.17, 15) is 22.4 Å². The fraction of sp³-hybridized carbons (Fsp3) is 0.0400. The van der Waals surface area contributed by atoms with Crippen LogP contribution in [0.25, 0.3) is 11.0 Å². The molecule has 0 bridgehead atoms. The Morgan fingerprint density at radius 1 is 1.00 bits per heavy atom. The zero-order chi connectivity index (χ0) is 26.0. The predicted molar refractivity (Wildman–Crippen MR) is 139 cm³/mol. The molecule has 0 spiro atoms. The number of rotatable bonds is 7. The molecule has 0 radical (unpaired) electrons. The molecule has 0 aliphatic heterocycles. The van der Waals surface area contributed by atoms with Crippen LogP contribution in [0.15, 0.2) is 94.2 Å². The van der Waals surface area contributed by atoms with Gasteiger partial charge in [0.1, 0.15) is 17.0 Å². The maximum atomic E-state index is 14.3. The quantitative estimate of drug-likeness (QED) is 0.324. The van der Waals surface area contributed by atoms with Crippen LogP contribution in [-0.2, 0) is 16.6 Å². The maximum absolute atomic E-state index is 14.3. The lowest BCUT2D eigenvalue weighted by molar-refractivity contribution is 0.102. The van der Waals surface area contributed by atoms with E-state index in [0.29, 0.717) is 11.0 Å². The highest BCUT2D eigenvalue weighted by molar-refractivity contribution is 7.93. The summed E-state index contributed by atoms with van der Waals surface area (Å²) in [5.41, 5.74) is 0.0640. The van der Waals surface area contributed by atoms with Crippen molar-refractivity contribution in [3.05, 3.63) is 112 Å². The van der Waals surface area contributed by atoms with Crippen LogP contribution in [0.1, 0.15) is 15.9 Å². The number of carbonyl (C=O) groups excluding carboxylic acids is 1. The SMILES string of the molecule is O=C(Nc1ccc(S(=O)(=O)Nc2nccs2)cc1)c1cc2cccnc2n(Cc2ccccc2F)c1=O. The molecule has 0 atom stereocenters. The number of fused-ring (bicyclic) bond motifs is 1. The van der Waals surface area contributed by atoms with Crippen molar-refractivity contribution in [3.8, 4) is 0 Å². The smallest absolute Gasteiger partial charge is 0.265 e. The van der Waals surface area contributed by atoms with E-state index in [2.05, 4.69) is 20.0 Å². The number of benzene rings is 2. The number of amides is 1. The number of hydrogen-bond donors (Lipinski definition) is 2. The van der Waals surface area contributed by atoms with E-state index in [4.69, 9.17) is 0 Å². The molecular weight excluding hydrogens is 517 g/mol. The first-order chi connectivity index (χ1) is 17.8. The first-order valence-corrected chi connectivity index (χ1v) is 13.2. The van der Waals surface area contributed by atoms with Gasteiger partial charge in [0.2, 0.25) is 0 Å². The standard InChI is InChI=1S/C25H18FN5O4S2/c26-21-6-2-1-4-17(21)15-31-22-16(5-3-11-27-22)14-20(24(31)33)23(32)29-18-7-9-19(10-8-18)37(34,35)30-25-28-12-13-36-25/h1-14H,15H2,(H,28,30)(H,29,32). The molecule has 9 nitrogen and oxygen atoms in total. The van der Waals surface area contributed by atoms with Crippen LogP contribution in [0, 0.1) is 5.82 Å². The summed E-state index contributed by atoms with van der Waals surface area (Å²) in [6.45, 7) is -0.112. The van der Waals surface area contributed by atoms with Gasteiger partial charge in [-0.1, -0.05) is 18.2 Å². The van der Waals surface area contributed by atoms with Gasteiger partial charge in [-0.15, -0.1) is 11.3 Å². The molecule has 0 fully saturated rings. The maximum Gasteiger partial charge on any atom is 0.265 e. The van der Waals surface area contributed by atoms with E-state index in [-0.39, 0.29) is 33.4 Å². The molecule has 1 amide bonds. The number of anilines is 2. The molecule has 5 aromatic rings. The highest BCUT2D eigenvalue weighted by Crippen LogP contribution is 2.20. The Balaban J connectivity index is 1.43. The summed E-state index contributed by atoms with van der Waals surface area (Å²) in [5.74, 6) is -1.18. The van der Waals surface area contributed by atoms with Crippen molar-refractivity contribution >= 4 is 49.1 Å². The molecule has 12 heteroatoms. The Kier molecular flexibility index (Phi) is 6.51. The number of sulfonamides is 1. The van der Waals surface area contributed by atoms with Gasteiger partial charge in [-0.3, -0.25) is 18.9 Å². The van der Waals surface area contributed by atoms with Crippen molar-refractivity contribution in [3.63, 3.8) is 0 Å². The van der Waals surface area contributed by atoms with Crippen molar-refractivity contribution in [1.82, 2.24) is 14.5 Å². The van der Waals surface area contributed by atoms with Crippen LogP contribution in [0.3, 0.4) is 0 Å². The van der Waals surface area contributed by atoms with E-state index in [1.807, 2.05) is 0 Å². The number of thiazole rings is 1. The molecule has 0 saturated carbocycles. The summed E-state index contributed by atoms with van der Waals surface area (Å²) in [7, 11) is -3.86. The minimum absolute atomic E-state index is 0.0234. The minimum atomic E-state index is -3.86. The second kappa shape index (κ2) is 9.91. The Morgan fingerprint density at radius 3 is 2.51 bits per heavy atom. The Labute approximate surface area is 214 Å². The van der Waals surface area contributed by atoms with Crippen molar-refractivity contribution in [2.75, 3.05) is 10.0 Å². The number of carbonyl (C=O) groups is 1. The van der Waals surface area contributed by atoms with Crippen LogP contribution in [-0.4, -0.2) is 28.9 Å². The van der Waals surface area contributed by atoms with E-state index in [0.717, 1.165) is 11.3 Å². The van der Waals surface area contributed by atoms with Crippen molar-refractivity contribution in [2.24, 2.45) is 0 Å². The molecular formula is C25H18FN5O4S2. The molecule has 186 valence electrons. The van der Waals surface area contributed by atoms with Crippen LogP contribution < -0.4 is 15.6 Å². The van der Waals surface area contributed by atoms with Crippen molar-refractivity contribution in [2.45, 2.75) is 11.4 Å². The number of aromatic nitrogens is 3. The predicted octanol–water partition coefficient (Wildman–Crippen LogP) is 4.09. The van der Waals surface area contributed by atoms with Crippen molar-refractivity contribution < 1.29 is 17.6 Å². The van der Waals surface area contributed by atoms with Gasteiger partial charge in [0.05, 0.1) is 11.4 Å². The molecule has 0 unspecified atom stereocenters. The Hall–Kier alpha value is -4.42. The third-order valence-corrected chi connectivity index (χ3v) is 7.63. The summed E-state index contributed by atoms with van der Waals surface area (Å²) >= 11 is 1.14. The Morgan fingerprint density at radius 2 is 1.78 bits per heavy atom. The van der Waals surface area contributed by atoms with Crippen LogP contribution in [0.5, 0.6) is 0 Å². The van der Waals surface area contributed by atoms with Gasteiger partial charge in [-0.2, -0.15) is 0 Å². The fourth-order valence-corrected chi connectivity index (χ4v) is 5.47. The van der Waals surface area contributed by atoms with E-state index < -0.39 is 27.3 Å². The normalized spacial score (nSPS) is 11.4. The molecule has 0 saturated heterocycles. The summed E-state index contributed by atoms with van der Waals surface area (Å²) in [5, 5.41) is 5.02. The summed E-state index contributed by atoms with van der Waals surface area (Å²) in [6.07, 6.45) is 2.99. The second-order valence-corrected chi connectivity index (χ2v) is 10.5. The van der Waals surface area contributed by atoms with Gasteiger partial charge in [0.15, 0.2) is 5.13 Å². The van der Waals surface area contributed by atoms with E-state index in [1.165, 1.54) is 53.4 Å². The lowest BCUT2D eigenvalue weighted by Crippen LogP contribution is -2.30. The van der Waals surface area contributed by atoms with Crippen LogP contribution >= 0.6 is 11.3 Å². The number of nitrogens with one attached hydrogen (secondary N) is 2. The van der Waals surface area contributed by atoms with Gasteiger partial charge < -0.3 is 5.32 Å². The topological polar surface area (TPSA) is 123 Å². The Bertz CT molecular complexity index is 1770. The number of halogens is 1.